The predicted octanol–water partition coefficient (Wildman–Crippen LogP) is 1.09. The molecular weight excluding hydrogens is 343 g/mol. The Balaban J connectivity index is 1.99. The maximum atomic E-state index is 13.3. The third kappa shape index (κ3) is 3.92. The number of hydrogen-bond acceptors (Lipinski definition) is 4. The van der Waals surface area contributed by atoms with Gasteiger partial charge in [-0.25, -0.2) is 4.39 Å². The molecule has 1 aromatic rings. The van der Waals surface area contributed by atoms with Crippen LogP contribution in [0.25, 0.3) is 0 Å². The molecule has 21 heavy (non-hydrogen) atoms. The van der Waals surface area contributed by atoms with Gasteiger partial charge in [0.15, 0.2) is 5.84 Å². The summed E-state index contributed by atoms with van der Waals surface area (Å²) in [6, 6.07) is 4.06. The Morgan fingerprint density at radius 1 is 1.38 bits per heavy atom. The Labute approximate surface area is 130 Å². The van der Waals surface area contributed by atoms with Gasteiger partial charge in [-0.15, -0.1) is 0 Å². The highest BCUT2D eigenvalue weighted by atomic mass is 79.9. The number of nitrogens with two attached hydrogens (primary N) is 1. The fraction of sp³-hybridized carbons (Fsp3) is 0.385. The van der Waals surface area contributed by atoms with E-state index < -0.39 is 5.82 Å². The predicted molar refractivity (Wildman–Crippen MR) is 79.9 cm³/mol. The fourth-order valence-electron chi connectivity index (χ4n) is 2.20. The van der Waals surface area contributed by atoms with Crippen molar-refractivity contribution in [3.63, 3.8) is 0 Å². The molecule has 1 fully saturated rings. The number of hydrogen-bond donors (Lipinski definition) is 2. The van der Waals surface area contributed by atoms with Gasteiger partial charge in [-0.2, -0.15) is 0 Å². The zero-order valence-electron chi connectivity index (χ0n) is 11.3. The molecule has 0 aliphatic carbocycles. The van der Waals surface area contributed by atoms with Gasteiger partial charge in [-0.05, 0) is 34.1 Å². The van der Waals surface area contributed by atoms with Crippen molar-refractivity contribution in [2.24, 2.45) is 10.9 Å². The number of benzene rings is 1. The van der Waals surface area contributed by atoms with Crippen LogP contribution in [-0.2, 0) is 0 Å². The molecule has 0 saturated carbocycles. The first-order valence-electron chi connectivity index (χ1n) is 6.44. The number of carbonyl (C=O) groups excluding carboxylic acids is 1. The summed E-state index contributed by atoms with van der Waals surface area (Å²) in [5.74, 6) is -0.500. The van der Waals surface area contributed by atoms with Crippen molar-refractivity contribution < 1.29 is 14.4 Å². The maximum absolute atomic E-state index is 13.3. The number of oxime groups is 1. The number of halogens is 2. The van der Waals surface area contributed by atoms with Gasteiger partial charge >= 0.3 is 0 Å². The van der Waals surface area contributed by atoms with Gasteiger partial charge in [0.05, 0.1) is 12.1 Å². The summed E-state index contributed by atoms with van der Waals surface area (Å²) in [5.41, 5.74) is 5.78. The highest BCUT2D eigenvalue weighted by Gasteiger charge is 2.24. The van der Waals surface area contributed by atoms with Crippen LogP contribution in [0.4, 0.5) is 4.39 Å². The molecule has 1 amide bonds. The molecule has 0 aromatic heterocycles. The zero-order valence-corrected chi connectivity index (χ0v) is 12.9. The first-order valence-corrected chi connectivity index (χ1v) is 7.23. The molecule has 0 spiro atoms. The van der Waals surface area contributed by atoms with Crippen LogP contribution >= 0.6 is 15.9 Å². The van der Waals surface area contributed by atoms with Gasteiger partial charge in [-0.3, -0.25) is 9.69 Å². The van der Waals surface area contributed by atoms with Crippen LogP contribution in [0, 0.1) is 5.82 Å². The first-order chi connectivity index (χ1) is 10.0. The van der Waals surface area contributed by atoms with Crippen molar-refractivity contribution in [2.75, 3.05) is 32.7 Å². The molecule has 3 N–H and O–H groups in total. The summed E-state index contributed by atoms with van der Waals surface area (Å²) in [6.45, 7) is 2.63. The lowest BCUT2D eigenvalue weighted by molar-refractivity contribution is 0.0652. The maximum Gasteiger partial charge on any atom is 0.255 e. The topological polar surface area (TPSA) is 82.2 Å². The summed E-state index contributed by atoms with van der Waals surface area (Å²) in [5, 5.41) is 11.5. The van der Waals surface area contributed by atoms with Crippen LogP contribution in [0.3, 0.4) is 0 Å². The van der Waals surface area contributed by atoms with Gasteiger partial charge in [0.25, 0.3) is 5.91 Å². The Morgan fingerprint density at radius 3 is 2.67 bits per heavy atom. The highest BCUT2D eigenvalue weighted by molar-refractivity contribution is 9.10. The minimum Gasteiger partial charge on any atom is -0.409 e. The third-order valence-corrected chi connectivity index (χ3v) is 4.02. The Bertz CT molecular complexity index is 559. The van der Waals surface area contributed by atoms with Crippen LogP contribution in [0.1, 0.15) is 10.4 Å². The molecule has 1 heterocycles. The van der Waals surface area contributed by atoms with E-state index in [4.69, 9.17) is 10.9 Å². The molecule has 0 bridgehead atoms. The lowest BCUT2D eigenvalue weighted by atomic mass is 10.1. The average molecular weight is 359 g/mol. The van der Waals surface area contributed by atoms with Crippen LogP contribution < -0.4 is 5.73 Å². The second-order valence-electron chi connectivity index (χ2n) is 4.78. The molecule has 2 rings (SSSR count). The summed E-state index contributed by atoms with van der Waals surface area (Å²) < 4.78 is 13.8. The lowest BCUT2D eigenvalue weighted by Gasteiger charge is -2.34. The van der Waals surface area contributed by atoms with Crippen molar-refractivity contribution in [1.29, 1.82) is 0 Å². The standard InChI is InChI=1S/C13H16BrFN4O2/c14-11-2-1-9(15)7-10(11)13(20)19-5-3-18(4-6-19)8-12(16)17-21/h1-2,7,21H,3-6,8H2,(H2,16,17). The molecule has 0 unspecified atom stereocenters. The molecule has 6 nitrogen and oxygen atoms in total. The van der Waals surface area contributed by atoms with E-state index in [9.17, 15) is 9.18 Å². The molecule has 1 aliphatic rings. The number of amidine groups is 1. The van der Waals surface area contributed by atoms with Gasteiger partial charge in [0.1, 0.15) is 5.82 Å². The summed E-state index contributed by atoms with van der Waals surface area (Å²) in [4.78, 5) is 16.0. The van der Waals surface area contributed by atoms with Gasteiger partial charge in [0, 0.05) is 30.7 Å². The van der Waals surface area contributed by atoms with E-state index in [0.29, 0.717) is 42.8 Å². The van der Waals surface area contributed by atoms with Gasteiger partial charge in [0.2, 0.25) is 0 Å². The van der Waals surface area contributed by atoms with Crippen LogP contribution in [0.2, 0.25) is 0 Å². The van der Waals surface area contributed by atoms with Crippen molar-refractivity contribution >= 4 is 27.7 Å². The second kappa shape index (κ2) is 6.86. The van der Waals surface area contributed by atoms with Crippen LogP contribution in [0.15, 0.2) is 27.8 Å². The highest BCUT2D eigenvalue weighted by Crippen LogP contribution is 2.20. The minimum atomic E-state index is -0.438. The average Bonchev–Trinajstić information content (AvgIpc) is 2.49. The van der Waals surface area contributed by atoms with Crippen molar-refractivity contribution in [3.8, 4) is 0 Å². The van der Waals surface area contributed by atoms with Crippen LogP contribution in [-0.4, -0.2) is 59.5 Å². The monoisotopic (exact) mass is 358 g/mol. The number of amides is 1. The Morgan fingerprint density at radius 2 is 2.05 bits per heavy atom. The Kier molecular flexibility index (Phi) is 5.13. The number of carbonyl (C=O) groups is 1. The smallest absolute Gasteiger partial charge is 0.255 e. The first kappa shape index (κ1) is 15.7. The van der Waals surface area contributed by atoms with Gasteiger partial charge < -0.3 is 15.8 Å². The third-order valence-electron chi connectivity index (χ3n) is 3.33. The summed E-state index contributed by atoms with van der Waals surface area (Å²) in [7, 11) is 0. The van der Waals surface area contributed by atoms with E-state index in [1.54, 1.807) is 4.90 Å². The van der Waals surface area contributed by atoms with Crippen molar-refractivity contribution in [2.45, 2.75) is 0 Å². The molecule has 1 aromatic carbocycles. The zero-order chi connectivity index (χ0) is 15.4. The summed E-state index contributed by atoms with van der Waals surface area (Å²) >= 11 is 3.27. The molecule has 8 heteroatoms. The fourth-order valence-corrected chi connectivity index (χ4v) is 2.62. The van der Waals surface area contributed by atoms with E-state index in [0.717, 1.165) is 0 Å². The van der Waals surface area contributed by atoms with Crippen molar-refractivity contribution in [3.05, 3.63) is 34.1 Å². The lowest BCUT2D eigenvalue weighted by Crippen LogP contribution is -2.50. The Hall–Kier alpha value is -1.67. The van der Waals surface area contributed by atoms with E-state index >= 15 is 0 Å². The van der Waals surface area contributed by atoms with E-state index in [1.807, 2.05) is 4.90 Å². The SMILES string of the molecule is NC(CN1CCN(C(=O)c2cc(F)ccc2Br)CC1)=NO. The summed E-state index contributed by atoms with van der Waals surface area (Å²) in [6.07, 6.45) is 0. The molecule has 0 radical (unpaired) electrons. The van der Waals surface area contributed by atoms with E-state index in [2.05, 4.69) is 21.1 Å². The number of nitrogens with zero attached hydrogens (tertiary/aromatic N) is 3. The largest absolute Gasteiger partial charge is 0.409 e. The van der Waals surface area contributed by atoms with Gasteiger partial charge in [-0.1, -0.05) is 5.16 Å². The number of piperazine rings is 1. The molecule has 1 saturated heterocycles. The normalized spacial score (nSPS) is 17.0. The van der Waals surface area contributed by atoms with Crippen molar-refractivity contribution in [1.82, 2.24) is 9.80 Å². The molecule has 0 atom stereocenters. The molecule has 1 aliphatic heterocycles. The molecule has 114 valence electrons. The van der Waals surface area contributed by atoms with E-state index in [1.165, 1.54) is 18.2 Å². The second-order valence-corrected chi connectivity index (χ2v) is 5.64. The quantitative estimate of drug-likeness (QED) is 0.366. The van der Waals surface area contributed by atoms with E-state index in [-0.39, 0.29) is 11.7 Å². The minimum absolute atomic E-state index is 0.141. The van der Waals surface area contributed by atoms with Crippen LogP contribution in [0.5, 0.6) is 0 Å². The number of rotatable bonds is 3. The molecular formula is C13H16BrFN4O2.